The molecular weight excluding hydrogens is 224 g/mol. The van der Waals surface area contributed by atoms with E-state index in [0.717, 1.165) is 6.92 Å². The number of hydrogen-bond acceptors (Lipinski definition) is 0. The minimum absolute atomic E-state index is 0.371. The quantitative estimate of drug-likeness (QED) is 0.608. The van der Waals surface area contributed by atoms with E-state index in [9.17, 15) is 26.3 Å². The monoisotopic (exact) mass is 230 g/mol. The molecule has 0 spiro atoms. The SMILES string of the molecule is Cc1[nH+]c(C(F)(F)F)ccc1C(F)(F)F. The average molecular weight is 230 g/mol. The summed E-state index contributed by atoms with van der Waals surface area (Å²) in [7, 11) is 0. The molecule has 0 aromatic carbocycles. The molecule has 0 fully saturated rings. The van der Waals surface area contributed by atoms with Gasteiger partial charge in [-0.05, 0) is 6.07 Å². The van der Waals surface area contributed by atoms with Gasteiger partial charge in [-0.2, -0.15) is 26.3 Å². The molecule has 0 aliphatic heterocycles. The van der Waals surface area contributed by atoms with E-state index in [-0.39, 0.29) is 0 Å². The second-order valence-electron chi connectivity index (χ2n) is 2.91. The molecule has 1 heterocycles. The molecule has 0 aliphatic rings. The molecule has 0 saturated carbocycles. The molecule has 1 rings (SSSR count). The Balaban J connectivity index is 3.21. The lowest BCUT2D eigenvalue weighted by Crippen LogP contribution is -2.26. The number of nitrogens with one attached hydrogen (secondary N) is 1. The molecule has 1 aromatic rings. The van der Waals surface area contributed by atoms with Crippen molar-refractivity contribution in [1.29, 1.82) is 0 Å². The molecule has 0 unspecified atom stereocenters. The van der Waals surface area contributed by atoms with Crippen molar-refractivity contribution in [3.8, 4) is 0 Å². The summed E-state index contributed by atoms with van der Waals surface area (Å²) in [6.45, 7) is 0.943. The van der Waals surface area contributed by atoms with E-state index in [0.29, 0.717) is 12.1 Å². The zero-order valence-corrected chi connectivity index (χ0v) is 7.42. The van der Waals surface area contributed by atoms with Gasteiger partial charge in [-0.15, -0.1) is 0 Å². The van der Waals surface area contributed by atoms with Crippen LogP contribution in [0.1, 0.15) is 17.0 Å². The first-order valence-electron chi connectivity index (χ1n) is 3.79. The Labute approximate surface area is 80.7 Å². The number of alkyl halides is 6. The van der Waals surface area contributed by atoms with E-state index < -0.39 is 29.3 Å². The van der Waals surface area contributed by atoms with Gasteiger partial charge < -0.3 is 0 Å². The molecule has 84 valence electrons. The number of H-pyrrole nitrogens is 1. The fourth-order valence-electron chi connectivity index (χ4n) is 1.08. The van der Waals surface area contributed by atoms with Gasteiger partial charge >= 0.3 is 12.4 Å². The van der Waals surface area contributed by atoms with Gasteiger partial charge in [-0.1, -0.05) is 0 Å². The molecule has 0 amide bonds. The molecule has 0 saturated heterocycles. The third-order valence-electron chi connectivity index (χ3n) is 1.75. The molecule has 0 radical (unpaired) electrons. The third kappa shape index (κ3) is 2.60. The first kappa shape index (κ1) is 11.8. The fraction of sp³-hybridized carbons (Fsp3) is 0.375. The Hall–Kier alpha value is -1.27. The highest BCUT2D eigenvalue weighted by Gasteiger charge is 2.41. The maximum Gasteiger partial charge on any atom is 0.477 e. The van der Waals surface area contributed by atoms with Gasteiger partial charge in [0.15, 0.2) is 5.69 Å². The Bertz CT molecular complexity index is 364. The summed E-state index contributed by atoms with van der Waals surface area (Å²) in [6, 6.07) is 0.782. The van der Waals surface area contributed by atoms with Gasteiger partial charge in [0.25, 0.3) is 5.69 Å². The molecule has 15 heavy (non-hydrogen) atoms. The van der Waals surface area contributed by atoms with Crippen molar-refractivity contribution in [2.45, 2.75) is 19.3 Å². The lowest BCUT2D eigenvalue weighted by molar-refractivity contribution is -0.435. The highest BCUT2D eigenvalue weighted by Crippen LogP contribution is 2.32. The molecule has 1 aromatic heterocycles. The molecule has 0 bridgehead atoms. The van der Waals surface area contributed by atoms with E-state index >= 15 is 0 Å². The molecule has 0 aliphatic carbocycles. The summed E-state index contributed by atoms with van der Waals surface area (Å²) >= 11 is 0. The van der Waals surface area contributed by atoms with Crippen LogP contribution in [0, 0.1) is 6.92 Å². The topological polar surface area (TPSA) is 14.1 Å². The normalized spacial score (nSPS) is 13.0. The smallest absolute Gasteiger partial charge is 0.204 e. The third-order valence-corrected chi connectivity index (χ3v) is 1.75. The molecule has 1 nitrogen and oxygen atoms in total. The number of rotatable bonds is 0. The zero-order valence-electron chi connectivity index (χ0n) is 7.42. The van der Waals surface area contributed by atoms with Gasteiger partial charge in [0, 0.05) is 13.0 Å². The Kier molecular flexibility index (Phi) is 2.67. The number of aromatic nitrogens is 1. The lowest BCUT2D eigenvalue weighted by Gasteiger charge is -2.07. The predicted octanol–water partition coefficient (Wildman–Crippen LogP) is 2.85. The molecule has 1 N–H and O–H groups in total. The van der Waals surface area contributed by atoms with Crippen LogP contribution in [0.4, 0.5) is 26.3 Å². The lowest BCUT2D eigenvalue weighted by atomic mass is 10.2. The van der Waals surface area contributed by atoms with E-state index in [1.165, 1.54) is 0 Å². The fourth-order valence-corrected chi connectivity index (χ4v) is 1.08. The number of aryl methyl sites for hydroxylation is 1. The van der Waals surface area contributed by atoms with Crippen molar-refractivity contribution >= 4 is 0 Å². The Morgan fingerprint density at radius 3 is 1.80 bits per heavy atom. The molecule has 0 atom stereocenters. The van der Waals surface area contributed by atoms with Crippen LogP contribution < -0.4 is 4.98 Å². The van der Waals surface area contributed by atoms with E-state index in [4.69, 9.17) is 0 Å². The Morgan fingerprint density at radius 2 is 1.47 bits per heavy atom. The number of hydrogen-bond donors (Lipinski definition) is 0. The van der Waals surface area contributed by atoms with Gasteiger partial charge in [-0.3, -0.25) is 0 Å². The first-order chi connectivity index (χ1) is 6.62. The maximum absolute atomic E-state index is 12.2. The minimum atomic E-state index is -4.67. The van der Waals surface area contributed by atoms with Gasteiger partial charge in [0.2, 0.25) is 0 Å². The maximum atomic E-state index is 12.2. The van der Waals surface area contributed by atoms with Gasteiger partial charge in [0.05, 0.1) is 0 Å². The second-order valence-corrected chi connectivity index (χ2v) is 2.91. The summed E-state index contributed by atoms with van der Waals surface area (Å²) in [5.74, 6) is 0. The van der Waals surface area contributed by atoms with Crippen LogP contribution in [0.3, 0.4) is 0 Å². The largest absolute Gasteiger partial charge is 0.477 e. The van der Waals surface area contributed by atoms with E-state index in [1.54, 1.807) is 4.98 Å². The van der Waals surface area contributed by atoms with Crippen LogP contribution in [0.5, 0.6) is 0 Å². The number of aromatic amines is 1. The number of halogens is 6. The van der Waals surface area contributed by atoms with Crippen LogP contribution in [0.15, 0.2) is 12.1 Å². The minimum Gasteiger partial charge on any atom is -0.204 e. The summed E-state index contributed by atoms with van der Waals surface area (Å²) < 4.78 is 72.8. The molecular formula is C8H6F6N+. The highest BCUT2D eigenvalue weighted by atomic mass is 19.4. The van der Waals surface area contributed by atoms with Gasteiger partial charge in [-0.25, -0.2) is 4.98 Å². The predicted molar refractivity (Wildman–Crippen MR) is 37.7 cm³/mol. The van der Waals surface area contributed by atoms with Crippen LogP contribution in [0.25, 0.3) is 0 Å². The average Bonchev–Trinajstić information content (AvgIpc) is 1.99. The van der Waals surface area contributed by atoms with Crippen LogP contribution in [0.2, 0.25) is 0 Å². The first-order valence-corrected chi connectivity index (χ1v) is 3.79. The van der Waals surface area contributed by atoms with Gasteiger partial charge in [0.1, 0.15) is 5.56 Å². The second kappa shape index (κ2) is 3.39. The highest BCUT2D eigenvalue weighted by molar-refractivity contribution is 5.20. The summed E-state index contributed by atoms with van der Waals surface area (Å²) in [5.41, 5.74) is -2.86. The molecule has 7 heteroatoms. The van der Waals surface area contributed by atoms with Crippen molar-refractivity contribution in [3.63, 3.8) is 0 Å². The summed E-state index contributed by atoms with van der Waals surface area (Å²) in [6.07, 6.45) is -9.32. The zero-order chi connectivity index (χ0) is 11.9. The summed E-state index contributed by atoms with van der Waals surface area (Å²) in [5, 5.41) is 0. The van der Waals surface area contributed by atoms with Crippen LogP contribution in [-0.2, 0) is 12.4 Å². The van der Waals surface area contributed by atoms with Crippen molar-refractivity contribution in [1.82, 2.24) is 0 Å². The van der Waals surface area contributed by atoms with Crippen molar-refractivity contribution in [3.05, 3.63) is 29.1 Å². The van der Waals surface area contributed by atoms with Crippen LogP contribution in [-0.4, -0.2) is 0 Å². The van der Waals surface area contributed by atoms with E-state index in [2.05, 4.69) is 0 Å². The van der Waals surface area contributed by atoms with Crippen molar-refractivity contribution in [2.24, 2.45) is 0 Å². The Morgan fingerprint density at radius 1 is 0.933 bits per heavy atom. The van der Waals surface area contributed by atoms with E-state index in [1.807, 2.05) is 0 Å². The summed E-state index contributed by atoms with van der Waals surface area (Å²) in [4.78, 5) is 1.68. The number of pyridine rings is 1. The van der Waals surface area contributed by atoms with Crippen molar-refractivity contribution < 1.29 is 31.3 Å². The van der Waals surface area contributed by atoms with Crippen molar-refractivity contribution in [2.75, 3.05) is 0 Å². The van der Waals surface area contributed by atoms with Crippen LogP contribution >= 0.6 is 0 Å². The standard InChI is InChI=1S/C8H5F6N/c1-4-5(7(9,10)11)2-3-6(15-4)8(12,13)14/h2-3H,1H3/p+1.